The highest BCUT2D eigenvalue weighted by Gasteiger charge is 2.17. The van der Waals surface area contributed by atoms with Gasteiger partial charge in [0.1, 0.15) is 23.0 Å². The molecule has 0 saturated carbocycles. The molecule has 126 valence electrons. The molecule has 0 aliphatic carbocycles. The van der Waals surface area contributed by atoms with Gasteiger partial charge in [-0.05, 0) is 36.4 Å². The van der Waals surface area contributed by atoms with Gasteiger partial charge in [-0.25, -0.2) is 9.97 Å². The summed E-state index contributed by atoms with van der Waals surface area (Å²) in [6, 6.07) is 10.8. The zero-order valence-corrected chi connectivity index (χ0v) is 14.6. The first-order valence-electron chi connectivity index (χ1n) is 6.94. The molecule has 3 aromatic rings. The molecule has 0 unspecified atom stereocenters. The molecule has 2 aromatic heterocycles. The number of likely N-dealkylation sites (N-methyl/N-ethyl adjacent to an activating group) is 1. The highest BCUT2D eigenvalue weighted by Crippen LogP contribution is 2.26. The van der Waals surface area contributed by atoms with Crippen LogP contribution in [0.2, 0.25) is 10.2 Å². The number of fused-ring (bicyclic) bond motifs is 1. The predicted molar refractivity (Wildman–Crippen MR) is 95.3 cm³/mol. The van der Waals surface area contributed by atoms with Crippen molar-refractivity contribution in [3.05, 3.63) is 46.6 Å². The van der Waals surface area contributed by atoms with Crippen molar-refractivity contribution in [2.24, 2.45) is 0 Å². The second kappa shape index (κ2) is 7.17. The number of aromatic nitrogens is 3. The minimum absolute atomic E-state index is 0. The van der Waals surface area contributed by atoms with Crippen LogP contribution in [-0.2, 0) is 11.3 Å². The number of benzene rings is 1. The zero-order valence-electron chi connectivity index (χ0n) is 13.1. The van der Waals surface area contributed by atoms with Crippen LogP contribution in [0.3, 0.4) is 0 Å². The van der Waals surface area contributed by atoms with E-state index in [1.165, 1.54) is 4.90 Å². The Kier molecular flexibility index (Phi) is 5.43. The van der Waals surface area contributed by atoms with Crippen LogP contribution in [0.4, 0.5) is 0 Å². The fourth-order valence-corrected chi connectivity index (χ4v) is 2.49. The first-order valence-corrected chi connectivity index (χ1v) is 7.70. The van der Waals surface area contributed by atoms with Crippen molar-refractivity contribution in [2.45, 2.75) is 6.54 Å². The Bertz CT molecular complexity index is 876. The SMILES string of the molecule is CN(C)C(=O)Cn1c(-c2ccc(Cl)cc2)nc2ccc(Cl)nc21.O. The lowest BCUT2D eigenvalue weighted by Crippen LogP contribution is -2.26. The van der Waals surface area contributed by atoms with E-state index in [4.69, 9.17) is 23.2 Å². The van der Waals surface area contributed by atoms with Crippen LogP contribution in [0.25, 0.3) is 22.6 Å². The number of carbonyl (C=O) groups excluding carboxylic acids is 1. The molecule has 0 spiro atoms. The van der Waals surface area contributed by atoms with Crippen molar-refractivity contribution in [3.63, 3.8) is 0 Å². The number of hydrogen-bond donors (Lipinski definition) is 0. The third kappa shape index (κ3) is 3.51. The summed E-state index contributed by atoms with van der Waals surface area (Å²) >= 11 is 11.9. The van der Waals surface area contributed by atoms with E-state index in [2.05, 4.69) is 9.97 Å². The van der Waals surface area contributed by atoms with Crippen molar-refractivity contribution in [3.8, 4) is 11.4 Å². The normalized spacial score (nSPS) is 10.5. The molecule has 0 bridgehead atoms. The van der Waals surface area contributed by atoms with Gasteiger partial charge in [0.15, 0.2) is 5.65 Å². The third-order valence-electron chi connectivity index (χ3n) is 3.45. The molecule has 1 aromatic carbocycles. The molecule has 0 aliphatic heterocycles. The third-order valence-corrected chi connectivity index (χ3v) is 3.92. The standard InChI is InChI=1S/C16H14Cl2N4O.H2O/c1-21(2)14(23)9-22-15(10-3-5-11(17)6-4-10)19-12-7-8-13(18)20-16(12)22;/h3-8H,9H2,1-2H3;1H2. The van der Waals surface area contributed by atoms with E-state index in [9.17, 15) is 4.79 Å². The molecule has 0 radical (unpaired) electrons. The summed E-state index contributed by atoms with van der Waals surface area (Å²) in [6.45, 7) is 0.134. The van der Waals surface area contributed by atoms with E-state index >= 15 is 0 Å². The Morgan fingerprint density at radius 3 is 2.38 bits per heavy atom. The molecule has 8 heteroatoms. The molecular weight excluding hydrogens is 351 g/mol. The molecular formula is C16H16Cl2N4O2. The number of rotatable bonds is 3. The number of pyridine rings is 1. The Morgan fingerprint density at radius 2 is 1.75 bits per heavy atom. The van der Waals surface area contributed by atoms with Crippen molar-refractivity contribution in [1.29, 1.82) is 0 Å². The summed E-state index contributed by atoms with van der Waals surface area (Å²) in [5.74, 6) is 0.600. The van der Waals surface area contributed by atoms with Crippen molar-refractivity contribution < 1.29 is 10.3 Å². The van der Waals surface area contributed by atoms with Crippen LogP contribution in [0, 0.1) is 0 Å². The first-order chi connectivity index (χ1) is 11.0. The van der Waals surface area contributed by atoms with Gasteiger partial charge >= 0.3 is 0 Å². The molecule has 24 heavy (non-hydrogen) atoms. The highest BCUT2D eigenvalue weighted by atomic mass is 35.5. The van der Waals surface area contributed by atoms with Gasteiger partial charge in [0.25, 0.3) is 0 Å². The maximum Gasteiger partial charge on any atom is 0.242 e. The van der Waals surface area contributed by atoms with Gasteiger partial charge in [-0.3, -0.25) is 9.36 Å². The summed E-state index contributed by atoms with van der Waals surface area (Å²) in [6.07, 6.45) is 0. The monoisotopic (exact) mass is 366 g/mol. The summed E-state index contributed by atoms with van der Waals surface area (Å²) in [5, 5.41) is 1.00. The molecule has 0 aliphatic rings. The zero-order chi connectivity index (χ0) is 16.6. The maximum absolute atomic E-state index is 12.2. The van der Waals surface area contributed by atoms with Crippen LogP contribution in [-0.4, -0.2) is 44.9 Å². The topological polar surface area (TPSA) is 82.5 Å². The largest absolute Gasteiger partial charge is 0.412 e. The van der Waals surface area contributed by atoms with Gasteiger partial charge in [-0.15, -0.1) is 0 Å². The lowest BCUT2D eigenvalue weighted by atomic mass is 10.2. The second-order valence-electron chi connectivity index (χ2n) is 5.29. The molecule has 3 rings (SSSR count). The summed E-state index contributed by atoms with van der Waals surface area (Å²) in [4.78, 5) is 22.6. The predicted octanol–water partition coefficient (Wildman–Crippen LogP) is 2.67. The average molecular weight is 367 g/mol. The highest BCUT2D eigenvalue weighted by molar-refractivity contribution is 6.30. The Balaban J connectivity index is 0.00000208. The van der Waals surface area contributed by atoms with Crippen molar-refractivity contribution >= 4 is 40.3 Å². The van der Waals surface area contributed by atoms with Gasteiger partial charge in [0.2, 0.25) is 5.91 Å². The van der Waals surface area contributed by atoms with Crippen LogP contribution < -0.4 is 0 Å². The van der Waals surface area contributed by atoms with E-state index < -0.39 is 0 Å². The minimum Gasteiger partial charge on any atom is -0.412 e. The van der Waals surface area contributed by atoms with E-state index in [1.54, 1.807) is 42.9 Å². The van der Waals surface area contributed by atoms with E-state index in [0.717, 1.165) is 5.56 Å². The van der Waals surface area contributed by atoms with Crippen molar-refractivity contribution in [2.75, 3.05) is 14.1 Å². The number of amides is 1. The summed E-state index contributed by atoms with van der Waals surface area (Å²) in [5.41, 5.74) is 2.12. The smallest absolute Gasteiger partial charge is 0.242 e. The molecule has 0 saturated heterocycles. The lowest BCUT2D eigenvalue weighted by Gasteiger charge is -2.13. The number of nitrogens with zero attached hydrogens (tertiary/aromatic N) is 4. The molecule has 1 amide bonds. The maximum atomic E-state index is 12.2. The summed E-state index contributed by atoms with van der Waals surface area (Å²) < 4.78 is 1.77. The Morgan fingerprint density at radius 1 is 1.08 bits per heavy atom. The lowest BCUT2D eigenvalue weighted by molar-refractivity contribution is -0.129. The summed E-state index contributed by atoms with van der Waals surface area (Å²) in [7, 11) is 3.42. The fourth-order valence-electron chi connectivity index (χ4n) is 2.22. The first kappa shape index (κ1) is 18.2. The van der Waals surface area contributed by atoms with E-state index in [-0.39, 0.29) is 17.9 Å². The van der Waals surface area contributed by atoms with Gasteiger partial charge in [0.05, 0.1) is 0 Å². The average Bonchev–Trinajstić information content (AvgIpc) is 2.86. The molecule has 0 fully saturated rings. The fraction of sp³-hybridized carbons (Fsp3) is 0.188. The molecule has 2 heterocycles. The van der Waals surface area contributed by atoms with Crippen LogP contribution >= 0.6 is 23.2 Å². The second-order valence-corrected chi connectivity index (χ2v) is 6.12. The Hall–Kier alpha value is -2.15. The van der Waals surface area contributed by atoms with E-state index in [1.807, 2.05) is 12.1 Å². The minimum atomic E-state index is -0.0544. The van der Waals surface area contributed by atoms with Crippen LogP contribution in [0.1, 0.15) is 0 Å². The molecule has 2 N–H and O–H groups in total. The van der Waals surface area contributed by atoms with Gasteiger partial charge in [-0.2, -0.15) is 0 Å². The number of halogens is 2. The quantitative estimate of drug-likeness (QED) is 0.668. The van der Waals surface area contributed by atoms with E-state index in [0.29, 0.717) is 27.2 Å². The molecule has 6 nitrogen and oxygen atoms in total. The van der Waals surface area contributed by atoms with Crippen molar-refractivity contribution in [1.82, 2.24) is 19.4 Å². The number of imidazole rings is 1. The van der Waals surface area contributed by atoms with Crippen LogP contribution in [0.15, 0.2) is 36.4 Å². The van der Waals surface area contributed by atoms with Crippen LogP contribution in [0.5, 0.6) is 0 Å². The van der Waals surface area contributed by atoms with Gasteiger partial charge in [-0.1, -0.05) is 23.2 Å². The number of carbonyl (C=O) groups is 1. The van der Waals surface area contributed by atoms with Gasteiger partial charge in [0, 0.05) is 24.7 Å². The molecule has 0 atom stereocenters. The number of hydrogen-bond acceptors (Lipinski definition) is 3. The van der Waals surface area contributed by atoms with Gasteiger partial charge < -0.3 is 10.4 Å². The Labute approximate surface area is 148 Å².